The van der Waals surface area contributed by atoms with Gasteiger partial charge in [-0.2, -0.15) is 0 Å². The molecule has 4 rings (SSSR count). The van der Waals surface area contributed by atoms with Crippen LogP contribution < -0.4 is 20.9 Å². The number of hydrogen-bond donors (Lipinski definition) is 3. The highest BCUT2D eigenvalue weighted by Gasteiger charge is 2.23. The summed E-state index contributed by atoms with van der Waals surface area (Å²) in [5.74, 6) is 0.439. The van der Waals surface area contributed by atoms with Crippen LogP contribution in [-0.4, -0.2) is 59.4 Å². The Morgan fingerprint density at radius 1 is 1.02 bits per heavy atom. The van der Waals surface area contributed by atoms with Crippen LogP contribution in [0.1, 0.15) is 22.8 Å². The number of carbonyl (C=O) groups is 2. The number of piperazine rings is 1. The summed E-state index contributed by atoms with van der Waals surface area (Å²) in [6.07, 6.45) is 6.17. The van der Waals surface area contributed by atoms with Gasteiger partial charge in [0.25, 0.3) is 11.8 Å². The first-order chi connectivity index (χ1) is 19.9. The minimum Gasteiger partial charge on any atom is -0.492 e. The van der Waals surface area contributed by atoms with E-state index in [0.29, 0.717) is 61.2 Å². The van der Waals surface area contributed by atoms with Crippen LogP contribution in [0.25, 0.3) is 11.1 Å². The van der Waals surface area contributed by atoms with E-state index in [1.807, 2.05) is 42.2 Å². The third-order valence-electron chi connectivity index (χ3n) is 6.43. The van der Waals surface area contributed by atoms with Gasteiger partial charge in [0.15, 0.2) is 0 Å². The predicted molar refractivity (Wildman–Crippen MR) is 159 cm³/mol. The van der Waals surface area contributed by atoms with E-state index in [1.54, 1.807) is 41.6 Å². The molecule has 0 atom stereocenters. The zero-order valence-electron chi connectivity index (χ0n) is 22.8. The molecule has 1 aliphatic heterocycles. The molecule has 0 aliphatic carbocycles. The Morgan fingerprint density at radius 3 is 2.46 bits per heavy atom. The summed E-state index contributed by atoms with van der Waals surface area (Å²) < 4.78 is 23.1. The van der Waals surface area contributed by atoms with E-state index in [9.17, 15) is 14.0 Å². The highest BCUT2D eigenvalue weighted by molar-refractivity contribution is 7.97. The Hall–Kier alpha value is -4.51. The molecule has 3 aromatic rings. The number of nitrogens with two attached hydrogens (primary N) is 2. The number of nitrogens with zero attached hydrogens (tertiary/aromatic N) is 3. The molecule has 1 aliphatic rings. The molecule has 2 heterocycles. The Kier molecular flexibility index (Phi) is 10.2. The normalized spacial score (nSPS) is 14.1. The monoisotopic (exact) mass is 576 g/mol. The number of carbonyl (C=O) groups excluding carboxylic acids is 2. The Balaban J connectivity index is 1.29. The van der Waals surface area contributed by atoms with Gasteiger partial charge in [-0.15, -0.1) is 0 Å². The topological polar surface area (TPSA) is 127 Å². The van der Waals surface area contributed by atoms with Gasteiger partial charge in [0, 0.05) is 54.8 Å². The van der Waals surface area contributed by atoms with Gasteiger partial charge in [-0.3, -0.25) is 19.3 Å². The lowest BCUT2D eigenvalue weighted by atomic mass is 10.0. The van der Waals surface area contributed by atoms with E-state index in [-0.39, 0.29) is 17.2 Å². The van der Waals surface area contributed by atoms with Gasteiger partial charge >= 0.3 is 0 Å². The summed E-state index contributed by atoms with van der Waals surface area (Å²) in [6.45, 7) is 4.13. The van der Waals surface area contributed by atoms with E-state index in [1.165, 1.54) is 24.1 Å². The molecule has 1 saturated heterocycles. The molecule has 1 aromatic heterocycles. The van der Waals surface area contributed by atoms with Crippen molar-refractivity contribution < 1.29 is 18.7 Å². The van der Waals surface area contributed by atoms with E-state index in [4.69, 9.17) is 16.2 Å². The second-order valence-corrected chi connectivity index (χ2v) is 10.0. The maximum Gasteiger partial charge on any atom is 0.276 e. The van der Waals surface area contributed by atoms with E-state index >= 15 is 0 Å². The van der Waals surface area contributed by atoms with Crippen LogP contribution >= 0.6 is 11.9 Å². The molecule has 2 amide bonds. The lowest BCUT2D eigenvalue weighted by Crippen LogP contribution is -2.49. The van der Waals surface area contributed by atoms with Crippen LogP contribution in [0.5, 0.6) is 5.75 Å². The summed E-state index contributed by atoms with van der Waals surface area (Å²) in [5, 5.41) is 0. The third-order valence-corrected chi connectivity index (χ3v) is 7.23. The summed E-state index contributed by atoms with van der Waals surface area (Å²) >= 11 is 1.26. The molecular weight excluding hydrogens is 543 g/mol. The minimum absolute atomic E-state index is 0.0354. The molecule has 214 valence electrons. The standard InChI is InChI=1S/C30H33FN6O3S/c1-2-40-24-16-23(18-34-19-24)25-9-8-22(17-26(25)31)30(39)37-14-12-36(13-15-37)28(33)11-10-27(32)29(38)35-41-20-21-6-4-3-5-7-21/h3-11,16-19H,2,12-15,20,32-33H2,1H3,(H,35,38)/b27-10-,28-11+. The van der Waals surface area contributed by atoms with Gasteiger partial charge < -0.3 is 26.0 Å². The molecule has 0 unspecified atom stereocenters. The number of ether oxygens (including phenoxy) is 1. The summed E-state index contributed by atoms with van der Waals surface area (Å²) in [7, 11) is 0. The predicted octanol–water partition coefficient (Wildman–Crippen LogP) is 3.65. The minimum atomic E-state index is -0.510. The average Bonchev–Trinajstić information content (AvgIpc) is 3.00. The molecule has 9 nitrogen and oxygen atoms in total. The smallest absolute Gasteiger partial charge is 0.276 e. The number of amides is 2. The number of aromatic nitrogens is 1. The van der Waals surface area contributed by atoms with Crippen molar-refractivity contribution in [2.45, 2.75) is 12.7 Å². The molecule has 41 heavy (non-hydrogen) atoms. The summed E-state index contributed by atoms with van der Waals surface area (Å²) in [5.41, 5.74) is 14.4. The first-order valence-electron chi connectivity index (χ1n) is 13.2. The first-order valence-corrected chi connectivity index (χ1v) is 14.1. The number of hydrogen-bond acceptors (Lipinski definition) is 8. The van der Waals surface area contributed by atoms with Crippen molar-refractivity contribution in [2.75, 3.05) is 32.8 Å². The van der Waals surface area contributed by atoms with Crippen molar-refractivity contribution in [2.24, 2.45) is 11.5 Å². The number of pyridine rings is 1. The van der Waals surface area contributed by atoms with Crippen molar-refractivity contribution in [1.29, 1.82) is 0 Å². The SMILES string of the molecule is CCOc1cncc(-c2ccc(C(=O)N3CCN(/C(N)=C/C=C(\N)C(=O)NSCc4ccccc4)CC3)cc2F)c1. The Labute approximate surface area is 243 Å². The number of halogens is 1. The second kappa shape index (κ2) is 14.2. The highest BCUT2D eigenvalue weighted by Crippen LogP contribution is 2.26. The van der Waals surface area contributed by atoms with Crippen LogP contribution in [-0.2, 0) is 10.5 Å². The van der Waals surface area contributed by atoms with E-state index in [2.05, 4.69) is 9.71 Å². The Morgan fingerprint density at radius 2 is 1.76 bits per heavy atom. The fourth-order valence-corrected chi connectivity index (χ4v) is 4.90. The number of allylic oxidation sites excluding steroid dienone is 2. The summed E-state index contributed by atoms with van der Waals surface area (Å²) in [6, 6.07) is 15.9. The van der Waals surface area contributed by atoms with Crippen LogP contribution in [0.2, 0.25) is 0 Å². The molecule has 0 saturated carbocycles. The lowest BCUT2D eigenvalue weighted by Gasteiger charge is -2.36. The fourth-order valence-electron chi connectivity index (χ4n) is 4.22. The maximum atomic E-state index is 15.0. The van der Waals surface area contributed by atoms with Gasteiger partial charge in [0.2, 0.25) is 0 Å². The summed E-state index contributed by atoms with van der Waals surface area (Å²) in [4.78, 5) is 33.0. The molecule has 5 N–H and O–H groups in total. The van der Waals surface area contributed by atoms with Crippen LogP contribution in [0.15, 0.2) is 90.7 Å². The third kappa shape index (κ3) is 8.01. The van der Waals surface area contributed by atoms with Crippen molar-refractivity contribution in [3.05, 3.63) is 108 Å². The first kappa shape index (κ1) is 29.5. The van der Waals surface area contributed by atoms with Crippen molar-refractivity contribution in [3.8, 4) is 16.9 Å². The average molecular weight is 577 g/mol. The van der Waals surface area contributed by atoms with Crippen molar-refractivity contribution in [3.63, 3.8) is 0 Å². The van der Waals surface area contributed by atoms with Gasteiger partial charge in [0.1, 0.15) is 11.6 Å². The molecule has 0 spiro atoms. The van der Waals surface area contributed by atoms with Crippen molar-refractivity contribution in [1.82, 2.24) is 19.5 Å². The van der Waals surface area contributed by atoms with Crippen LogP contribution in [0.3, 0.4) is 0 Å². The van der Waals surface area contributed by atoms with Crippen molar-refractivity contribution >= 4 is 23.8 Å². The van der Waals surface area contributed by atoms with Gasteiger partial charge in [0.05, 0.1) is 24.3 Å². The van der Waals surface area contributed by atoms with Gasteiger partial charge in [-0.1, -0.05) is 36.4 Å². The largest absolute Gasteiger partial charge is 0.492 e. The molecule has 0 radical (unpaired) electrons. The second-order valence-electron chi connectivity index (χ2n) is 9.24. The lowest BCUT2D eigenvalue weighted by molar-refractivity contribution is -0.115. The molecule has 2 aromatic carbocycles. The number of benzene rings is 2. The van der Waals surface area contributed by atoms with E-state index < -0.39 is 11.7 Å². The van der Waals surface area contributed by atoms with Gasteiger partial charge in [-0.25, -0.2) is 4.39 Å². The van der Waals surface area contributed by atoms with Crippen LogP contribution in [0, 0.1) is 5.82 Å². The van der Waals surface area contributed by atoms with Gasteiger partial charge in [-0.05, 0) is 54.8 Å². The molecule has 0 bridgehead atoms. The van der Waals surface area contributed by atoms with Crippen LogP contribution in [0.4, 0.5) is 4.39 Å². The fraction of sp³-hybridized carbons (Fsp3) is 0.233. The molecular formula is C30H33FN6O3S. The number of nitrogens with one attached hydrogen (secondary N) is 1. The number of rotatable bonds is 10. The maximum absolute atomic E-state index is 15.0. The quantitative estimate of drug-likeness (QED) is 0.190. The zero-order chi connectivity index (χ0) is 29.2. The zero-order valence-corrected chi connectivity index (χ0v) is 23.6. The highest BCUT2D eigenvalue weighted by atomic mass is 32.2. The molecule has 1 fully saturated rings. The molecule has 11 heteroatoms. The Bertz CT molecular complexity index is 1420. The van der Waals surface area contributed by atoms with E-state index in [0.717, 1.165) is 5.56 Å².